The van der Waals surface area contributed by atoms with E-state index in [4.69, 9.17) is 4.42 Å². The smallest absolute Gasteiger partial charge is 0.159 e. The third-order valence-electron chi connectivity index (χ3n) is 12.9. The summed E-state index contributed by atoms with van der Waals surface area (Å²) in [7, 11) is 0. The van der Waals surface area contributed by atoms with Crippen molar-refractivity contribution in [1.82, 2.24) is 4.57 Å². The van der Waals surface area contributed by atoms with E-state index in [-0.39, 0.29) is 0 Å². The van der Waals surface area contributed by atoms with Gasteiger partial charge in [0.15, 0.2) is 5.58 Å². The van der Waals surface area contributed by atoms with Crippen LogP contribution in [0.1, 0.15) is 0 Å². The largest absolute Gasteiger partial charge is 0.454 e. The molecule has 3 heteroatoms. The minimum Gasteiger partial charge on any atom is -0.454 e. The van der Waals surface area contributed by atoms with Gasteiger partial charge in [0.05, 0.1) is 22.4 Å². The Bertz CT molecular complexity index is 3900. The number of fused-ring (bicyclic) bond motifs is 11. The van der Waals surface area contributed by atoms with E-state index >= 15 is 0 Å². The van der Waals surface area contributed by atoms with E-state index in [9.17, 15) is 0 Å². The van der Waals surface area contributed by atoms with Crippen LogP contribution in [0.4, 0.5) is 17.1 Å². The van der Waals surface area contributed by atoms with Crippen molar-refractivity contribution in [2.24, 2.45) is 0 Å². The molecule has 0 radical (unpaired) electrons. The predicted octanol–water partition coefficient (Wildman–Crippen LogP) is 16.9. The van der Waals surface area contributed by atoms with Gasteiger partial charge in [0.2, 0.25) is 0 Å². The molecule has 2 aromatic heterocycles. The first-order valence-corrected chi connectivity index (χ1v) is 21.6. The summed E-state index contributed by atoms with van der Waals surface area (Å²) < 4.78 is 9.33. The van der Waals surface area contributed by atoms with Gasteiger partial charge in [-0.25, -0.2) is 0 Å². The first kappa shape index (κ1) is 35.4. The van der Waals surface area contributed by atoms with Gasteiger partial charge in [-0.1, -0.05) is 176 Å². The van der Waals surface area contributed by atoms with E-state index in [0.717, 1.165) is 55.8 Å². The third kappa shape index (κ3) is 5.60. The summed E-state index contributed by atoms with van der Waals surface area (Å²) in [5.41, 5.74) is 13.1. The van der Waals surface area contributed by atoms with Crippen LogP contribution in [0.15, 0.2) is 235 Å². The topological polar surface area (TPSA) is 21.3 Å². The number of anilines is 3. The van der Waals surface area contributed by atoms with E-state index in [1.54, 1.807) is 0 Å². The van der Waals surface area contributed by atoms with Crippen molar-refractivity contribution in [3.8, 4) is 27.9 Å². The van der Waals surface area contributed by atoms with Gasteiger partial charge in [-0.15, -0.1) is 0 Å². The van der Waals surface area contributed by atoms with E-state index in [0.29, 0.717) is 0 Å². The molecule has 63 heavy (non-hydrogen) atoms. The summed E-state index contributed by atoms with van der Waals surface area (Å²) in [6, 6.07) is 83.4. The summed E-state index contributed by atoms with van der Waals surface area (Å²) >= 11 is 0. The number of nitrogens with zero attached hydrogens (tertiary/aromatic N) is 2. The number of hydrogen-bond acceptors (Lipinski definition) is 2. The van der Waals surface area contributed by atoms with Crippen molar-refractivity contribution in [3.05, 3.63) is 231 Å². The van der Waals surface area contributed by atoms with Crippen LogP contribution in [0.5, 0.6) is 0 Å². The summed E-state index contributed by atoms with van der Waals surface area (Å²) in [6.45, 7) is 0. The molecular weight excluding hydrogens is 765 g/mol. The Morgan fingerprint density at radius 3 is 1.78 bits per heavy atom. The van der Waals surface area contributed by atoms with Crippen molar-refractivity contribution in [2.75, 3.05) is 4.90 Å². The molecule has 0 spiro atoms. The molecule has 294 valence electrons. The lowest BCUT2D eigenvalue weighted by Crippen LogP contribution is -2.11. The minimum absolute atomic E-state index is 0.853. The predicted molar refractivity (Wildman–Crippen MR) is 266 cm³/mol. The fraction of sp³-hybridized carbons (Fsp3) is 0. The van der Waals surface area contributed by atoms with Crippen LogP contribution in [0.3, 0.4) is 0 Å². The van der Waals surface area contributed by atoms with Crippen LogP contribution in [0, 0.1) is 0 Å². The van der Waals surface area contributed by atoms with Crippen LogP contribution in [-0.4, -0.2) is 4.57 Å². The molecule has 0 fully saturated rings. The van der Waals surface area contributed by atoms with Crippen LogP contribution in [-0.2, 0) is 0 Å². The van der Waals surface area contributed by atoms with E-state index in [1.807, 2.05) is 0 Å². The molecule has 11 aromatic carbocycles. The molecule has 0 aliphatic rings. The normalized spacial score (nSPS) is 11.8. The monoisotopic (exact) mass is 802 g/mol. The second kappa shape index (κ2) is 14.1. The summed E-state index contributed by atoms with van der Waals surface area (Å²) in [6.07, 6.45) is 0. The number of benzene rings is 11. The third-order valence-corrected chi connectivity index (χ3v) is 12.9. The fourth-order valence-electron chi connectivity index (χ4n) is 10.0. The second-order valence-corrected chi connectivity index (χ2v) is 16.5. The Balaban J connectivity index is 1.01. The minimum atomic E-state index is 0.853. The van der Waals surface area contributed by atoms with Crippen LogP contribution < -0.4 is 4.90 Å². The van der Waals surface area contributed by atoms with Crippen LogP contribution in [0.2, 0.25) is 0 Å². The summed E-state index contributed by atoms with van der Waals surface area (Å²) in [5, 5.41) is 12.0. The Morgan fingerprint density at radius 1 is 0.333 bits per heavy atom. The number of aromatic nitrogens is 1. The zero-order chi connectivity index (χ0) is 41.4. The quantitative estimate of drug-likeness (QED) is 0.156. The molecule has 0 aliphatic carbocycles. The Hall–Kier alpha value is -8.40. The molecular formula is C60H38N2O. The van der Waals surface area contributed by atoms with Crippen molar-refractivity contribution in [3.63, 3.8) is 0 Å². The van der Waals surface area contributed by atoms with Gasteiger partial charge in [0.1, 0.15) is 5.58 Å². The van der Waals surface area contributed by atoms with Gasteiger partial charge in [0, 0.05) is 43.7 Å². The molecule has 0 amide bonds. The number of hydrogen-bond donors (Lipinski definition) is 0. The molecule has 0 atom stereocenters. The summed E-state index contributed by atoms with van der Waals surface area (Å²) in [4.78, 5) is 2.39. The average molecular weight is 803 g/mol. The number of rotatable bonds is 6. The molecule has 0 bridgehead atoms. The standard InChI is InChI=1S/C60H38N2O/c1-3-14-39(15-4-1)42-30-35-58-54(36-42)53-24-13-25-55(60(53)63-58)61(56-38-44-17-8-9-20-47(44)49-22-11-12-23-50(49)56)46-31-26-40(27-32-46)43-29-33-51-52-34-28-41-16-7-10-21-48(41)59(52)62(57(51)37-43)45-18-5-2-6-19-45/h1-38H. The van der Waals surface area contributed by atoms with Gasteiger partial charge in [-0.3, -0.25) is 0 Å². The maximum absolute atomic E-state index is 6.89. The number of para-hydroxylation sites is 2. The Kier molecular flexibility index (Phi) is 7.91. The van der Waals surface area contributed by atoms with Gasteiger partial charge in [-0.05, 0) is 98.4 Å². The first-order chi connectivity index (χ1) is 31.2. The molecule has 0 aliphatic heterocycles. The first-order valence-electron chi connectivity index (χ1n) is 21.6. The van der Waals surface area contributed by atoms with Gasteiger partial charge in [-0.2, -0.15) is 0 Å². The highest BCUT2D eigenvalue weighted by Crippen LogP contribution is 2.47. The zero-order valence-electron chi connectivity index (χ0n) is 34.2. The molecule has 0 N–H and O–H groups in total. The molecule has 13 rings (SSSR count). The van der Waals surface area contributed by atoms with Crippen molar-refractivity contribution in [2.45, 2.75) is 0 Å². The molecule has 0 unspecified atom stereocenters. The van der Waals surface area contributed by atoms with Crippen molar-refractivity contribution < 1.29 is 4.42 Å². The fourth-order valence-corrected chi connectivity index (χ4v) is 10.0. The second-order valence-electron chi connectivity index (χ2n) is 16.5. The SMILES string of the molecule is c1ccc(-c2ccc3oc4c(N(c5ccc(-c6ccc7c8ccc9ccccc9c8n(-c8ccccc8)c7c6)cc5)c5cc6ccccc6c6ccccc56)cccc4c3c2)cc1. The van der Waals surface area contributed by atoms with Crippen LogP contribution in [0.25, 0.3) is 104 Å². The van der Waals surface area contributed by atoms with Crippen molar-refractivity contribution >= 4 is 93.1 Å². The highest BCUT2D eigenvalue weighted by molar-refractivity contribution is 6.20. The zero-order valence-corrected chi connectivity index (χ0v) is 34.2. The number of furan rings is 1. The van der Waals surface area contributed by atoms with E-state index < -0.39 is 0 Å². The van der Waals surface area contributed by atoms with Crippen LogP contribution >= 0.6 is 0 Å². The highest BCUT2D eigenvalue weighted by atomic mass is 16.3. The maximum Gasteiger partial charge on any atom is 0.159 e. The van der Waals surface area contributed by atoms with Gasteiger partial charge in [0.25, 0.3) is 0 Å². The van der Waals surface area contributed by atoms with E-state index in [1.165, 1.54) is 65.3 Å². The van der Waals surface area contributed by atoms with Gasteiger partial charge >= 0.3 is 0 Å². The molecule has 0 saturated carbocycles. The molecule has 13 aromatic rings. The lowest BCUT2D eigenvalue weighted by Gasteiger charge is -2.27. The van der Waals surface area contributed by atoms with Gasteiger partial charge < -0.3 is 13.9 Å². The maximum atomic E-state index is 6.89. The summed E-state index contributed by atoms with van der Waals surface area (Å²) in [5.74, 6) is 0. The Morgan fingerprint density at radius 2 is 0.952 bits per heavy atom. The lowest BCUT2D eigenvalue weighted by molar-refractivity contribution is 0.669. The van der Waals surface area contributed by atoms with E-state index in [2.05, 4.69) is 240 Å². The highest BCUT2D eigenvalue weighted by Gasteiger charge is 2.23. The Labute approximate surface area is 363 Å². The molecule has 0 saturated heterocycles. The molecule has 3 nitrogen and oxygen atoms in total. The average Bonchev–Trinajstić information content (AvgIpc) is 3.91. The van der Waals surface area contributed by atoms with Crippen molar-refractivity contribution in [1.29, 1.82) is 0 Å². The molecule has 2 heterocycles. The lowest BCUT2D eigenvalue weighted by atomic mass is 9.98.